The fourth-order valence-corrected chi connectivity index (χ4v) is 8.47. The van der Waals surface area contributed by atoms with Crippen LogP contribution >= 0.6 is 0 Å². The van der Waals surface area contributed by atoms with Crippen molar-refractivity contribution in [2.24, 2.45) is 0 Å². The van der Waals surface area contributed by atoms with E-state index in [1.165, 1.54) is 77.9 Å². The fraction of sp³-hybridized carbons (Fsp3) is 0.209. The van der Waals surface area contributed by atoms with Gasteiger partial charge in [0.05, 0.1) is 5.69 Å². The van der Waals surface area contributed by atoms with Crippen LogP contribution in [0.3, 0.4) is 0 Å². The summed E-state index contributed by atoms with van der Waals surface area (Å²) in [5.41, 5.74) is 16.2. The van der Waals surface area contributed by atoms with E-state index in [2.05, 4.69) is 161 Å². The molecule has 0 heterocycles. The van der Waals surface area contributed by atoms with Crippen molar-refractivity contribution < 1.29 is 0 Å². The molecule has 6 aromatic carbocycles. The number of hydrogen-bond donors (Lipinski definition) is 0. The molecule has 1 heteroatoms. The summed E-state index contributed by atoms with van der Waals surface area (Å²) in [6.45, 7) is 11.7. The molecule has 1 nitrogen and oxygen atoms in total. The first-order valence-electron chi connectivity index (χ1n) is 16.2. The Hall–Kier alpha value is -4.62. The van der Waals surface area contributed by atoms with Crippen LogP contribution in [-0.2, 0) is 10.8 Å². The van der Waals surface area contributed by atoms with Crippen molar-refractivity contribution in [1.82, 2.24) is 0 Å². The summed E-state index contributed by atoms with van der Waals surface area (Å²) in [5, 5.41) is 2.56. The normalized spacial score (nSPS) is 15.0. The monoisotopic (exact) mass is 569 g/mol. The van der Waals surface area contributed by atoms with E-state index < -0.39 is 0 Å². The minimum Gasteiger partial charge on any atom is -0.310 e. The van der Waals surface area contributed by atoms with Crippen molar-refractivity contribution in [2.75, 3.05) is 4.90 Å². The SMILES string of the molecule is CCC1(CC)c2ccccc2-c2ccc(N(c3ccccc3C)c3cccc4cc5c(cc34)-c3ccccc3C5(C)C)cc21. The Morgan fingerprint density at radius 2 is 1.16 bits per heavy atom. The minimum atomic E-state index is -0.0234. The average Bonchev–Trinajstić information content (AvgIpc) is 3.46. The van der Waals surface area contributed by atoms with E-state index in [0.717, 1.165) is 12.8 Å². The summed E-state index contributed by atoms with van der Waals surface area (Å²) in [6, 6.07) is 45.8. The maximum Gasteiger partial charge on any atom is 0.0540 e. The maximum atomic E-state index is 2.51. The Bertz CT molecular complexity index is 2090. The third-order valence-corrected chi connectivity index (χ3v) is 10.9. The number of anilines is 3. The Kier molecular flexibility index (Phi) is 5.94. The zero-order valence-corrected chi connectivity index (χ0v) is 26.4. The number of aryl methyl sites for hydroxylation is 1. The van der Waals surface area contributed by atoms with Crippen LogP contribution in [0.1, 0.15) is 68.4 Å². The van der Waals surface area contributed by atoms with Crippen molar-refractivity contribution in [3.05, 3.63) is 149 Å². The molecule has 0 bridgehead atoms. The van der Waals surface area contributed by atoms with Gasteiger partial charge < -0.3 is 4.90 Å². The molecule has 0 unspecified atom stereocenters. The van der Waals surface area contributed by atoms with Crippen molar-refractivity contribution in [3.8, 4) is 22.3 Å². The Labute approximate surface area is 261 Å². The van der Waals surface area contributed by atoms with Crippen LogP contribution in [0, 0.1) is 6.92 Å². The molecule has 2 aliphatic rings. The lowest BCUT2D eigenvalue weighted by molar-refractivity contribution is 0.490. The van der Waals surface area contributed by atoms with Gasteiger partial charge in [-0.05, 0) is 112 Å². The molecule has 0 radical (unpaired) electrons. The molecule has 0 spiro atoms. The van der Waals surface area contributed by atoms with Crippen molar-refractivity contribution >= 4 is 27.8 Å². The predicted molar refractivity (Wildman–Crippen MR) is 188 cm³/mol. The van der Waals surface area contributed by atoms with Crippen LogP contribution < -0.4 is 4.90 Å². The van der Waals surface area contributed by atoms with Gasteiger partial charge >= 0.3 is 0 Å². The van der Waals surface area contributed by atoms with Crippen molar-refractivity contribution in [2.45, 2.75) is 58.3 Å². The highest BCUT2D eigenvalue weighted by molar-refractivity contribution is 6.03. The van der Waals surface area contributed by atoms with Gasteiger partial charge in [-0.3, -0.25) is 0 Å². The highest BCUT2D eigenvalue weighted by Gasteiger charge is 2.41. The van der Waals surface area contributed by atoms with Crippen LogP contribution in [0.25, 0.3) is 33.0 Å². The van der Waals surface area contributed by atoms with E-state index in [0.29, 0.717) is 0 Å². The van der Waals surface area contributed by atoms with E-state index in [9.17, 15) is 0 Å². The second-order valence-electron chi connectivity index (χ2n) is 13.3. The van der Waals surface area contributed by atoms with Gasteiger partial charge in [0.15, 0.2) is 0 Å². The summed E-state index contributed by atoms with van der Waals surface area (Å²) < 4.78 is 0. The van der Waals surface area contributed by atoms with Crippen LogP contribution in [-0.4, -0.2) is 0 Å². The maximum absolute atomic E-state index is 2.51. The molecular weight excluding hydrogens is 530 g/mol. The number of fused-ring (bicyclic) bond motifs is 7. The number of para-hydroxylation sites is 1. The van der Waals surface area contributed by atoms with Gasteiger partial charge in [-0.15, -0.1) is 0 Å². The van der Waals surface area contributed by atoms with Crippen molar-refractivity contribution in [1.29, 1.82) is 0 Å². The topological polar surface area (TPSA) is 3.24 Å². The lowest BCUT2D eigenvalue weighted by Crippen LogP contribution is -2.23. The van der Waals surface area contributed by atoms with Crippen LogP contribution in [0.2, 0.25) is 0 Å². The molecule has 0 amide bonds. The first kappa shape index (κ1) is 27.0. The third kappa shape index (κ3) is 3.59. The summed E-state index contributed by atoms with van der Waals surface area (Å²) in [6.07, 6.45) is 2.16. The Balaban J connectivity index is 1.40. The molecule has 0 N–H and O–H groups in total. The minimum absolute atomic E-state index is 0.0220. The largest absolute Gasteiger partial charge is 0.310 e. The van der Waals surface area contributed by atoms with Crippen molar-refractivity contribution in [3.63, 3.8) is 0 Å². The van der Waals surface area contributed by atoms with Gasteiger partial charge in [0, 0.05) is 27.6 Å². The Morgan fingerprint density at radius 3 is 1.91 bits per heavy atom. The Morgan fingerprint density at radius 1 is 0.523 bits per heavy atom. The molecule has 0 aliphatic heterocycles. The summed E-state index contributed by atoms with van der Waals surface area (Å²) in [5.74, 6) is 0. The average molecular weight is 570 g/mol. The van der Waals surface area contributed by atoms with Gasteiger partial charge in [-0.2, -0.15) is 0 Å². The number of nitrogens with zero attached hydrogens (tertiary/aromatic N) is 1. The summed E-state index contributed by atoms with van der Waals surface area (Å²) in [7, 11) is 0. The van der Waals surface area contributed by atoms with Gasteiger partial charge in [-0.25, -0.2) is 0 Å². The predicted octanol–water partition coefficient (Wildman–Crippen LogP) is 12.0. The molecule has 0 atom stereocenters. The van der Waals surface area contributed by atoms with Gasteiger partial charge in [0.25, 0.3) is 0 Å². The molecular formula is C43H39N. The third-order valence-electron chi connectivity index (χ3n) is 10.9. The quantitative estimate of drug-likeness (QED) is 0.200. The zero-order chi connectivity index (χ0) is 30.2. The number of hydrogen-bond acceptors (Lipinski definition) is 1. The van der Waals surface area contributed by atoms with Gasteiger partial charge in [-0.1, -0.05) is 113 Å². The second kappa shape index (κ2) is 9.69. The van der Waals surface area contributed by atoms with Gasteiger partial charge in [0.2, 0.25) is 0 Å². The molecule has 0 fully saturated rings. The zero-order valence-electron chi connectivity index (χ0n) is 26.4. The lowest BCUT2D eigenvalue weighted by atomic mass is 9.74. The molecule has 0 saturated carbocycles. The first-order chi connectivity index (χ1) is 21.4. The highest BCUT2D eigenvalue weighted by Crippen LogP contribution is 2.55. The summed E-state index contributed by atoms with van der Waals surface area (Å²) in [4.78, 5) is 2.51. The molecule has 0 saturated heterocycles. The second-order valence-corrected chi connectivity index (χ2v) is 13.3. The number of benzene rings is 6. The summed E-state index contributed by atoms with van der Waals surface area (Å²) >= 11 is 0. The van der Waals surface area contributed by atoms with Crippen LogP contribution in [0.4, 0.5) is 17.1 Å². The van der Waals surface area contributed by atoms with E-state index in [1.54, 1.807) is 0 Å². The fourth-order valence-electron chi connectivity index (χ4n) is 8.47. The molecule has 44 heavy (non-hydrogen) atoms. The van der Waals surface area contributed by atoms with Gasteiger partial charge in [0.1, 0.15) is 0 Å². The number of rotatable bonds is 5. The lowest BCUT2D eigenvalue weighted by Gasteiger charge is -2.32. The highest BCUT2D eigenvalue weighted by atomic mass is 15.1. The molecule has 0 aromatic heterocycles. The van der Waals surface area contributed by atoms with E-state index >= 15 is 0 Å². The van der Waals surface area contributed by atoms with E-state index in [4.69, 9.17) is 0 Å². The van der Waals surface area contributed by atoms with E-state index in [-0.39, 0.29) is 10.8 Å². The van der Waals surface area contributed by atoms with Crippen LogP contribution in [0.15, 0.2) is 121 Å². The molecule has 2 aliphatic carbocycles. The molecule has 8 rings (SSSR count). The standard InChI is InChI=1S/C43H39N/c1-6-43(7-2)37-20-12-10-17-31(37)33-24-23-30(26-39(33)43)44(40-21-13-8-15-28(40)3)41-22-14-16-29-25-38-35(27-34(29)41)32-18-9-11-19-36(32)42(38,4)5/h8-27H,6-7H2,1-5H3. The molecule has 216 valence electrons. The smallest absolute Gasteiger partial charge is 0.0540 e. The van der Waals surface area contributed by atoms with E-state index in [1.807, 2.05) is 0 Å². The molecule has 6 aromatic rings. The van der Waals surface area contributed by atoms with Crippen LogP contribution in [0.5, 0.6) is 0 Å². The first-order valence-corrected chi connectivity index (χ1v) is 16.2.